The van der Waals surface area contributed by atoms with Gasteiger partial charge in [0.25, 0.3) is 10.0 Å². The number of carbonyl (C=O) groups excluding carboxylic acids is 2. The summed E-state index contributed by atoms with van der Waals surface area (Å²) in [7, 11) is -3.57. The minimum atomic E-state index is -3.57. The van der Waals surface area contributed by atoms with E-state index in [9.17, 15) is 18.0 Å². The Kier molecular flexibility index (Phi) is 4.99. The van der Waals surface area contributed by atoms with Gasteiger partial charge in [-0.2, -0.15) is 0 Å². The second kappa shape index (κ2) is 6.78. The van der Waals surface area contributed by atoms with E-state index in [4.69, 9.17) is 0 Å². The summed E-state index contributed by atoms with van der Waals surface area (Å²) in [6.07, 6.45) is 0.0196. The quantitative estimate of drug-likeness (QED) is 0.666. The first-order valence-electron chi connectivity index (χ1n) is 7.06. The van der Waals surface area contributed by atoms with Crippen LogP contribution in [-0.2, 0) is 19.6 Å². The third-order valence-corrected chi connectivity index (χ3v) is 4.52. The van der Waals surface area contributed by atoms with Crippen LogP contribution in [0.1, 0.15) is 25.8 Å². The summed E-state index contributed by atoms with van der Waals surface area (Å²) in [6.45, 7) is 3.50. The van der Waals surface area contributed by atoms with Crippen LogP contribution in [0, 0.1) is 5.92 Å². The molecule has 3 N–H and O–H groups in total. The SMILES string of the molecule is CC(C)C(=O)NNC(=O)CCN=C1NS(=O)(=O)c2ccccc21. The first-order chi connectivity index (χ1) is 10.8. The van der Waals surface area contributed by atoms with Crippen molar-refractivity contribution in [2.75, 3.05) is 6.54 Å². The normalized spacial score (nSPS) is 16.7. The number of aliphatic imine (C=N–C) groups is 1. The number of fused-ring (bicyclic) bond motifs is 1. The van der Waals surface area contributed by atoms with Crippen molar-refractivity contribution in [3.8, 4) is 0 Å². The zero-order chi connectivity index (χ0) is 17.0. The fourth-order valence-electron chi connectivity index (χ4n) is 1.86. The van der Waals surface area contributed by atoms with Crippen LogP contribution in [0.15, 0.2) is 34.2 Å². The van der Waals surface area contributed by atoms with Crippen LogP contribution in [0.5, 0.6) is 0 Å². The van der Waals surface area contributed by atoms with Crippen LogP contribution >= 0.6 is 0 Å². The summed E-state index contributed by atoms with van der Waals surface area (Å²) < 4.78 is 26.1. The molecule has 0 saturated heterocycles. The number of amides is 2. The molecule has 0 aromatic heterocycles. The molecule has 0 unspecified atom stereocenters. The molecule has 1 aromatic rings. The fraction of sp³-hybridized carbons (Fsp3) is 0.357. The van der Waals surface area contributed by atoms with Gasteiger partial charge < -0.3 is 0 Å². The lowest BCUT2D eigenvalue weighted by atomic mass is 10.2. The van der Waals surface area contributed by atoms with Gasteiger partial charge in [-0.1, -0.05) is 26.0 Å². The highest BCUT2D eigenvalue weighted by Gasteiger charge is 2.29. The highest BCUT2D eigenvalue weighted by molar-refractivity contribution is 7.90. The van der Waals surface area contributed by atoms with Crippen molar-refractivity contribution in [2.45, 2.75) is 25.2 Å². The molecule has 0 bridgehead atoms. The first kappa shape index (κ1) is 16.9. The number of nitrogens with one attached hydrogen (secondary N) is 3. The zero-order valence-corrected chi connectivity index (χ0v) is 13.6. The second-order valence-electron chi connectivity index (χ2n) is 5.27. The largest absolute Gasteiger partial charge is 0.273 e. The molecular weight excluding hydrogens is 320 g/mol. The van der Waals surface area contributed by atoms with E-state index in [-0.39, 0.29) is 35.5 Å². The van der Waals surface area contributed by atoms with Gasteiger partial charge in [0.05, 0.1) is 11.4 Å². The van der Waals surface area contributed by atoms with E-state index >= 15 is 0 Å². The van der Waals surface area contributed by atoms with Gasteiger partial charge in [-0.25, -0.2) is 8.42 Å². The number of sulfonamides is 1. The molecule has 0 atom stereocenters. The van der Waals surface area contributed by atoms with E-state index in [1.54, 1.807) is 32.0 Å². The molecule has 124 valence electrons. The topological polar surface area (TPSA) is 117 Å². The molecule has 0 fully saturated rings. The van der Waals surface area contributed by atoms with E-state index in [0.29, 0.717) is 5.56 Å². The molecule has 1 heterocycles. The maximum absolute atomic E-state index is 11.9. The number of carbonyl (C=O) groups is 2. The molecule has 0 aliphatic carbocycles. The van der Waals surface area contributed by atoms with Gasteiger partial charge in [0.2, 0.25) is 11.8 Å². The van der Waals surface area contributed by atoms with E-state index in [0.717, 1.165) is 0 Å². The molecular formula is C14H18N4O4S. The summed E-state index contributed by atoms with van der Waals surface area (Å²) in [5, 5.41) is 0. The van der Waals surface area contributed by atoms with Crippen molar-refractivity contribution >= 4 is 27.7 Å². The van der Waals surface area contributed by atoms with Crippen molar-refractivity contribution in [3.05, 3.63) is 29.8 Å². The van der Waals surface area contributed by atoms with Crippen LogP contribution in [0.3, 0.4) is 0 Å². The number of amidine groups is 1. The predicted molar refractivity (Wildman–Crippen MR) is 83.9 cm³/mol. The standard InChI is InChI=1S/C14H18N4O4S/c1-9(2)14(20)17-16-12(19)7-8-15-13-10-5-3-4-6-11(10)23(21,22)18-13/h3-6,9H,7-8H2,1-2H3,(H,15,18)(H,16,19)(H,17,20). The number of hydrogen-bond acceptors (Lipinski definition) is 5. The molecule has 1 aliphatic heterocycles. The highest BCUT2D eigenvalue weighted by Crippen LogP contribution is 2.21. The minimum absolute atomic E-state index is 0.0196. The van der Waals surface area contributed by atoms with E-state index in [1.807, 2.05) is 0 Å². The third-order valence-electron chi connectivity index (χ3n) is 3.12. The first-order valence-corrected chi connectivity index (χ1v) is 8.55. The summed E-state index contributed by atoms with van der Waals surface area (Å²) in [6, 6.07) is 6.49. The van der Waals surface area contributed by atoms with Crippen LogP contribution in [0.2, 0.25) is 0 Å². The van der Waals surface area contributed by atoms with Crippen molar-refractivity contribution in [3.63, 3.8) is 0 Å². The number of benzene rings is 1. The van der Waals surface area contributed by atoms with Crippen LogP contribution in [-0.4, -0.2) is 32.6 Å². The fourth-order valence-corrected chi connectivity index (χ4v) is 3.11. The average molecular weight is 338 g/mol. The number of nitrogens with zero attached hydrogens (tertiary/aromatic N) is 1. The number of hydrogen-bond donors (Lipinski definition) is 3. The lowest BCUT2D eigenvalue weighted by molar-refractivity contribution is -0.130. The summed E-state index contributed by atoms with van der Waals surface area (Å²) >= 11 is 0. The van der Waals surface area contributed by atoms with Crippen LogP contribution in [0.4, 0.5) is 0 Å². The molecule has 1 aliphatic rings. The van der Waals surface area contributed by atoms with Gasteiger partial charge in [0.15, 0.2) is 0 Å². The molecule has 9 heteroatoms. The Morgan fingerprint density at radius 3 is 2.61 bits per heavy atom. The monoisotopic (exact) mass is 338 g/mol. The smallest absolute Gasteiger partial charge is 0.263 e. The van der Waals surface area contributed by atoms with Gasteiger partial charge in [-0.3, -0.25) is 30.2 Å². The predicted octanol–water partition coefficient (Wildman–Crippen LogP) is -0.0814. The Morgan fingerprint density at radius 2 is 1.91 bits per heavy atom. The number of hydrazine groups is 1. The maximum atomic E-state index is 11.9. The molecule has 1 aromatic carbocycles. The molecule has 23 heavy (non-hydrogen) atoms. The Hall–Kier alpha value is -2.42. The number of rotatable bonds is 4. The van der Waals surface area contributed by atoms with Gasteiger partial charge in [-0.05, 0) is 12.1 Å². The summed E-state index contributed by atoms with van der Waals surface area (Å²) in [4.78, 5) is 27.2. The molecule has 8 nitrogen and oxygen atoms in total. The third kappa shape index (κ3) is 4.07. The maximum Gasteiger partial charge on any atom is 0.263 e. The summed E-state index contributed by atoms with van der Waals surface area (Å²) in [5.74, 6) is -0.709. The van der Waals surface area contributed by atoms with Gasteiger partial charge in [0, 0.05) is 17.9 Å². The van der Waals surface area contributed by atoms with Crippen LogP contribution < -0.4 is 15.6 Å². The Labute approximate surface area is 134 Å². The lowest BCUT2D eigenvalue weighted by Crippen LogP contribution is -2.43. The van der Waals surface area contributed by atoms with Crippen molar-refractivity contribution in [1.29, 1.82) is 0 Å². The summed E-state index contributed by atoms with van der Waals surface area (Å²) in [5.41, 5.74) is 5.06. The van der Waals surface area contributed by atoms with Gasteiger partial charge >= 0.3 is 0 Å². The molecule has 0 radical (unpaired) electrons. The van der Waals surface area contributed by atoms with Crippen molar-refractivity contribution in [2.24, 2.45) is 10.9 Å². The van der Waals surface area contributed by atoms with E-state index < -0.39 is 15.9 Å². The molecule has 0 spiro atoms. The second-order valence-corrected chi connectivity index (χ2v) is 6.92. The van der Waals surface area contributed by atoms with Crippen LogP contribution in [0.25, 0.3) is 0 Å². The van der Waals surface area contributed by atoms with Gasteiger partial charge in [0.1, 0.15) is 5.84 Å². The zero-order valence-electron chi connectivity index (χ0n) is 12.8. The molecule has 2 rings (SSSR count). The Morgan fingerprint density at radius 1 is 1.22 bits per heavy atom. The van der Waals surface area contributed by atoms with Gasteiger partial charge in [-0.15, -0.1) is 0 Å². The Balaban J connectivity index is 1.92. The average Bonchev–Trinajstić information content (AvgIpc) is 2.76. The Bertz CT molecular complexity index is 756. The molecule has 2 amide bonds. The van der Waals surface area contributed by atoms with E-state index in [2.05, 4.69) is 20.6 Å². The lowest BCUT2D eigenvalue weighted by Gasteiger charge is -2.08. The highest BCUT2D eigenvalue weighted by atomic mass is 32.2. The molecule has 0 saturated carbocycles. The van der Waals surface area contributed by atoms with Crippen molar-refractivity contribution < 1.29 is 18.0 Å². The minimum Gasteiger partial charge on any atom is -0.273 e. The van der Waals surface area contributed by atoms with Crippen molar-refractivity contribution in [1.82, 2.24) is 15.6 Å². The van der Waals surface area contributed by atoms with E-state index in [1.165, 1.54) is 6.07 Å².